The molecule has 2 aromatic carbocycles. The van der Waals surface area contributed by atoms with Gasteiger partial charge >= 0.3 is 30.4 Å². The first-order chi connectivity index (χ1) is 18.1. The van der Waals surface area contributed by atoms with Gasteiger partial charge in [-0.2, -0.15) is 26.3 Å². The van der Waals surface area contributed by atoms with E-state index in [-0.39, 0.29) is 17.3 Å². The highest BCUT2D eigenvalue weighted by molar-refractivity contribution is 6.00. The number of alkyl halides is 6. The molecule has 0 aromatic heterocycles. The molecule has 8 nitrogen and oxygen atoms in total. The average Bonchev–Trinajstić information content (AvgIpc) is 2.84. The number of hydrogen-bond donors (Lipinski definition) is 3. The van der Waals surface area contributed by atoms with Crippen LogP contribution < -0.4 is 16.0 Å². The zero-order chi connectivity index (χ0) is 29.1. The van der Waals surface area contributed by atoms with Gasteiger partial charge in [-0.1, -0.05) is 19.1 Å². The highest BCUT2D eigenvalue weighted by Gasteiger charge is 2.38. The van der Waals surface area contributed by atoms with Crippen LogP contribution in [0, 0.1) is 0 Å². The molecule has 0 aliphatic carbocycles. The van der Waals surface area contributed by atoms with E-state index in [1.165, 1.54) is 30.2 Å². The molecule has 39 heavy (non-hydrogen) atoms. The second-order valence-corrected chi connectivity index (χ2v) is 8.52. The maximum absolute atomic E-state index is 13.1. The van der Waals surface area contributed by atoms with Gasteiger partial charge in [0.05, 0.1) is 29.9 Å². The molecule has 0 saturated heterocycles. The molecule has 3 N–H and O–H groups in total. The summed E-state index contributed by atoms with van der Waals surface area (Å²) in [6.07, 6.45) is -9.54. The van der Waals surface area contributed by atoms with Crippen LogP contribution in [-0.4, -0.2) is 36.6 Å². The number of rotatable bonds is 6. The third-order valence-electron chi connectivity index (χ3n) is 5.77. The van der Waals surface area contributed by atoms with E-state index in [9.17, 15) is 40.7 Å². The van der Waals surface area contributed by atoms with Gasteiger partial charge in [0.1, 0.15) is 0 Å². The maximum atomic E-state index is 13.1. The Morgan fingerprint density at radius 1 is 0.974 bits per heavy atom. The van der Waals surface area contributed by atoms with Crippen molar-refractivity contribution in [3.05, 3.63) is 70.4 Å². The minimum absolute atomic E-state index is 0.0545. The smallest absolute Gasteiger partial charge is 0.416 e. The third-order valence-corrected chi connectivity index (χ3v) is 5.77. The fraction of sp³-hybridized carbons (Fsp3) is 0.320. The Morgan fingerprint density at radius 2 is 1.56 bits per heavy atom. The van der Waals surface area contributed by atoms with Crippen molar-refractivity contribution in [2.45, 2.75) is 38.7 Å². The lowest BCUT2D eigenvalue weighted by molar-refractivity contribution is -0.143. The van der Waals surface area contributed by atoms with E-state index in [1.54, 1.807) is 13.0 Å². The summed E-state index contributed by atoms with van der Waals surface area (Å²) in [5, 5.41) is 7.01. The van der Waals surface area contributed by atoms with Crippen LogP contribution in [-0.2, 0) is 21.9 Å². The topological polar surface area (TPSA) is 99.8 Å². The van der Waals surface area contributed by atoms with Gasteiger partial charge in [-0.05, 0) is 49.2 Å². The van der Waals surface area contributed by atoms with E-state index in [2.05, 4.69) is 10.6 Å². The number of amides is 4. The van der Waals surface area contributed by atoms with Crippen LogP contribution in [0.3, 0.4) is 0 Å². The van der Waals surface area contributed by atoms with E-state index >= 15 is 0 Å². The minimum Gasteiger partial charge on any atom is -0.466 e. The number of methoxy groups -OCH3 is 1. The molecule has 1 aliphatic heterocycles. The molecule has 1 heterocycles. The molecule has 3 rings (SSSR count). The second kappa shape index (κ2) is 11.3. The van der Waals surface area contributed by atoms with Gasteiger partial charge in [-0.3, -0.25) is 4.90 Å². The molecule has 1 atom stereocenters. The van der Waals surface area contributed by atoms with Gasteiger partial charge in [0.15, 0.2) is 0 Å². The lowest BCUT2D eigenvalue weighted by atomic mass is 9.94. The number of allylic oxidation sites excluding steroid dienone is 1. The first-order valence-electron chi connectivity index (χ1n) is 11.5. The number of halogens is 6. The molecule has 0 saturated carbocycles. The molecular weight excluding hydrogens is 534 g/mol. The van der Waals surface area contributed by atoms with E-state index in [0.717, 1.165) is 0 Å². The number of carbonyl (C=O) groups excluding carboxylic acids is 3. The van der Waals surface area contributed by atoms with Crippen molar-refractivity contribution < 1.29 is 45.5 Å². The summed E-state index contributed by atoms with van der Waals surface area (Å²) in [5.41, 5.74) is -2.94. The fourth-order valence-corrected chi connectivity index (χ4v) is 4.02. The van der Waals surface area contributed by atoms with Crippen LogP contribution in [0.1, 0.15) is 43.0 Å². The number of ether oxygens (including phenoxy) is 1. The monoisotopic (exact) mass is 558 g/mol. The molecule has 0 radical (unpaired) electrons. The zero-order valence-corrected chi connectivity index (χ0v) is 20.9. The Bertz CT molecular complexity index is 1270. The van der Waals surface area contributed by atoms with Gasteiger partial charge in [-0.15, -0.1) is 0 Å². The number of hydrogen-bond acceptors (Lipinski definition) is 4. The molecule has 0 fully saturated rings. The van der Waals surface area contributed by atoms with Crippen LogP contribution >= 0.6 is 0 Å². The standard InChI is InChI=1S/C25H24F6N4O4/c1-4-8-35-13(2)19(21(36)39-3)20(34-23(35)38)14-6-5-7-17(9-14)32-22(37)33-18-11-15(24(26,27)28)10-16(12-18)25(29,30)31/h5-7,9-12,20H,4,8H2,1-3H3,(H,34,38)(H2,32,33,37)/t20-/m0/s1. The summed E-state index contributed by atoms with van der Waals surface area (Å²) in [6.45, 7) is 3.79. The number of esters is 1. The molecule has 0 spiro atoms. The van der Waals surface area contributed by atoms with E-state index in [0.29, 0.717) is 36.4 Å². The van der Waals surface area contributed by atoms with Crippen molar-refractivity contribution in [3.8, 4) is 0 Å². The Hall–Kier alpha value is -4.23. The Balaban J connectivity index is 1.89. The molecule has 4 amide bonds. The second-order valence-electron chi connectivity index (χ2n) is 8.52. The number of benzene rings is 2. The van der Waals surface area contributed by atoms with Crippen molar-refractivity contribution >= 4 is 29.4 Å². The van der Waals surface area contributed by atoms with Crippen LogP contribution in [0.5, 0.6) is 0 Å². The quantitative estimate of drug-likeness (QED) is 0.287. The Labute approximate surface area is 219 Å². The SMILES string of the molecule is CCCN1C(=O)N[C@@H](c2cccc(NC(=O)Nc3cc(C(F)(F)F)cc(C(F)(F)F)c3)c2)C(C(=O)OC)=C1C. The van der Waals surface area contributed by atoms with Crippen molar-refractivity contribution in [2.75, 3.05) is 24.3 Å². The number of nitrogens with zero attached hydrogens (tertiary/aromatic N) is 1. The van der Waals surface area contributed by atoms with Crippen LogP contribution in [0.4, 0.5) is 47.3 Å². The average molecular weight is 558 g/mol. The summed E-state index contributed by atoms with van der Waals surface area (Å²) >= 11 is 0. The Morgan fingerprint density at radius 3 is 2.10 bits per heavy atom. The number of carbonyl (C=O) groups is 3. The summed E-state index contributed by atoms with van der Waals surface area (Å²) in [7, 11) is 1.18. The zero-order valence-electron chi connectivity index (χ0n) is 20.9. The first kappa shape index (κ1) is 29.3. The van der Waals surface area contributed by atoms with Crippen LogP contribution in [0.2, 0.25) is 0 Å². The van der Waals surface area contributed by atoms with Crippen molar-refractivity contribution in [1.82, 2.24) is 10.2 Å². The normalized spacial score (nSPS) is 16.1. The Kier molecular flexibility index (Phi) is 8.46. The van der Waals surface area contributed by atoms with Gasteiger partial charge in [0.2, 0.25) is 0 Å². The van der Waals surface area contributed by atoms with Gasteiger partial charge in [0.25, 0.3) is 0 Å². The van der Waals surface area contributed by atoms with Crippen molar-refractivity contribution in [3.63, 3.8) is 0 Å². The predicted molar refractivity (Wildman–Crippen MR) is 129 cm³/mol. The van der Waals surface area contributed by atoms with Gasteiger partial charge in [0, 0.05) is 23.6 Å². The molecule has 14 heteroatoms. The molecular formula is C25H24F6N4O4. The van der Waals surface area contributed by atoms with Crippen molar-refractivity contribution in [1.29, 1.82) is 0 Å². The lowest BCUT2D eigenvalue weighted by Gasteiger charge is -2.35. The molecule has 210 valence electrons. The van der Waals surface area contributed by atoms with Crippen LogP contribution in [0.15, 0.2) is 53.7 Å². The molecule has 1 aliphatic rings. The van der Waals surface area contributed by atoms with E-state index in [4.69, 9.17) is 4.74 Å². The van der Waals surface area contributed by atoms with Gasteiger partial charge < -0.3 is 20.7 Å². The third kappa shape index (κ3) is 6.81. The maximum Gasteiger partial charge on any atom is 0.416 e. The number of nitrogens with one attached hydrogen (secondary N) is 3. The van der Waals surface area contributed by atoms with Gasteiger partial charge in [-0.25, -0.2) is 14.4 Å². The number of anilines is 2. The van der Waals surface area contributed by atoms with E-state index in [1.807, 2.05) is 12.2 Å². The highest BCUT2D eigenvalue weighted by Crippen LogP contribution is 2.38. The number of urea groups is 2. The summed E-state index contributed by atoms with van der Waals surface area (Å²) in [5.74, 6) is -0.695. The summed E-state index contributed by atoms with van der Waals surface area (Å²) < 4.78 is 83.6. The van der Waals surface area contributed by atoms with E-state index < -0.39 is 53.2 Å². The minimum atomic E-state index is -5.08. The fourth-order valence-electron chi connectivity index (χ4n) is 4.02. The van der Waals surface area contributed by atoms with Crippen LogP contribution in [0.25, 0.3) is 0 Å². The molecule has 2 aromatic rings. The largest absolute Gasteiger partial charge is 0.466 e. The summed E-state index contributed by atoms with van der Waals surface area (Å²) in [4.78, 5) is 39.1. The first-order valence-corrected chi connectivity index (χ1v) is 11.5. The molecule has 0 bridgehead atoms. The summed E-state index contributed by atoms with van der Waals surface area (Å²) in [6, 6.07) is 3.98. The lowest BCUT2D eigenvalue weighted by Crippen LogP contribution is -2.48. The predicted octanol–water partition coefficient (Wildman–Crippen LogP) is 6.29. The highest BCUT2D eigenvalue weighted by atomic mass is 19.4. The van der Waals surface area contributed by atoms with Crippen molar-refractivity contribution in [2.24, 2.45) is 0 Å². The molecule has 0 unspecified atom stereocenters.